The third kappa shape index (κ3) is 12.0. The van der Waals surface area contributed by atoms with E-state index in [-0.39, 0.29) is 83.6 Å². The van der Waals surface area contributed by atoms with Gasteiger partial charge >= 0.3 is 48.1 Å². The number of rotatable bonds is 15. The molecule has 0 bridgehead atoms. The topological polar surface area (TPSA) is 96.8 Å². The van der Waals surface area contributed by atoms with Crippen molar-refractivity contribution in [2.24, 2.45) is 0 Å². The molecule has 0 saturated heterocycles. The van der Waals surface area contributed by atoms with Crippen molar-refractivity contribution in [2.75, 3.05) is 25.2 Å². The van der Waals surface area contributed by atoms with Crippen molar-refractivity contribution in [1.82, 2.24) is 9.97 Å². The summed E-state index contributed by atoms with van der Waals surface area (Å²) >= 11 is 0. The largest absolute Gasteiger partial charge is 1.00 e. The zero-order chi connectivity index (χ0) is 39.1. The molecule has 0 spiro atoms. The summed E-state index contributed by atoms with van der Waals surface area (Å²) < 4.78 is 142. The fourth-order valence-corrected chi connectivity index (χ4v) is 5.39. The van der Waals surface area contributed by atoms with E-state index in [1.807, 2.05) is 0 Å². The van der Waals surface area contributed by atoms with Gasteiger partial charge in [0.1, 0.15) is 5.75 Å². The van der Waals surface area contributed by atoms with Crippen LogP contribution in [-0.2, 0) is 41.1 Å². The summed E-state index contributed by atoms with van der Waals surface area (Å²) in [5, 5.41) is 10.7. The number of aromatic nitrogens is 2. The monoisotopic (exact) mass is 781 g/mol. The number of nitrogens with zero attached hydrogens (tertiary/aromatic N) is 3. The molecule has 0 fully saturated rings. The van der Waals surface area contributed by atoms with Gasteiger partial charge in [0, 0.05) is 31.2 Å². The Bertz CT molecular complexity index is 1840. The van der Waals surface area contributed by atoms with Gasteiger partial charge in [0.25, 0.3) is 0 Å². The molecule has 286 valence electrons. The van der Waals surface area contributed by atoms with Gasteiger partial charge in [0.05, 0.1) is 48.9 Å². The summed E-state index contributed by atoms with van der Waals surface area (Å²) in [5.41, 5.74) is -3.61. The molecule has 0 aliphatic carbocycles. The molecule has 0 aliphatic rings. The van der Waals surface area contributed by atoms with Gasteiger partial charge < -0.3 is 29.0 Å². The van der Waals surface area contributed by atoms with Crippen LogP contribution >= 0.6 is 0 Å². The van der Waals surface area contributed by atoms with Gasteiger partial charge in [-0.15, -0.1) is 0 Å². The molecule has 4 aromatic rings. The van der Waals surface area contributed by atoms with Crippen LogP contribution in [0.15, 0.2) is 67.0 Å². The summed E-state index contributed by atoms with van der Waals surface area (Å²) in [7, 11) is 1.35. The average molecular weight is 782 g/mol. The van der Waals surface area contributed by atoms with Crippen LogP contribution in [0.5, 0.6) is 11.5 Å². The number of alkyl halides is 9. The number of methoxy groups -OCH3 is 1. The molecule has 0 aliphatic heterocycles. The third-order valence-electron chi connectivity index (χ3n) is 7.91. The standard InChI is InChI=1S/C36H34F9N3O5.Na/c1-4-52-21(2)23-7-10-31(51-3)30(15-23)29-9-8-25(34(37,38)39)14-24(29)20-48(33-46-17-28(18-47-33)53-11-5-6-32(49)50)19-22-12-26(35(40,41)42)16-27(13-22)36(43,44)45;/h7-10,12-18,21H,4-6,11,19-20H2,1-3H3,(H,49,50);/q;+1/p-1. The van der Waals surface area contributed by atoms with Gasteiger partial charge in [-0.1, -0.05) is 12.1 Å². The Hall–Kier alpha value is -4.06. The Labute approximate surface area is 326 Å². The number of carboxylic acids is 1. The quantitative estimate of drug-likeness (QED) is 0.0897. The van der Waals surface area contributed by atoms with E-state index >= 15 is 0 Å². The van der Waals surface area contributed by atoms with Crippen LogP contribution in [0.1, 0.15) is 66.2 Å². The van der Waals surface area contributed by atoms with Crippen molar-refractivity contribution in [3.63, 3.8) is 0 Å². The van der Waals surface area contributed by atoms with E-state index in [0.29, 0.717) is 29.9 Å². The van der Waals surface area contributed by atoms with Gasteiger partial charge in [-0.2, -0.15) is 39.5 Å². The number of hydrogen-bond donors (Lipinski definition) is 0. The molecular formula is C36H33F9N3NaO5. The molecule has 8 nitrogen and oxygen atoms in total. The molecule has 1 unspecified atom stereocenters. The number of carbonyl (C=O) groups excluding carboxylic acids is 1. The van der Waals surface area contributed by atoms with Crippen LogP contribution in [0, 0.1) is 0 Å². The van der Waals surface area contributed by atoms with Crippen LogP contribution in [-0.4, -0.2) is 36.3 Å². The van der Waals surface area contributed by atoms with E-state index in [1.165, 1.54) is 13.2 Å². The Balaban J connectivity index is 0.00000784. The Kier molecular flexibility index (Phi) is 15.2. The third-order valence-corrected chi connectivity index (χ3v) is 7.91. The van der Waals surface area contributed by atoms with Crippen LogP contribution in [0.2, 0.25) is 0 Å². The molecule has 0 radical (unpaired) electrons. The fourth-order valence-electron chi connectivity index (χ4n) is 5.39. The first-order valence-electron chi connectivity index (χ1n) is 16.0. The van der Waals surface area contributed by atoms with Crippen LogP contribution in [0.25, 0.3) is 11.1 Å². The van der Waals surface area contributed by atoms with E-state index in [1.54, 1.807) is 32.0 Å². The number of halogens is 9. The second-order valence-electron chi connectivity index (χ2n) is 11.7. The Morgan fingerprint density at radius 3 is 1.96 bits per heavy atom. The maximum absolute atomic E-state index is 14.1. The molecule has 0 amide bonds. The molecule has 3 aromatic carbocycles. The Morgan fingerprint density at radius 1 is 0.815 bits per heavy atom. The summed E-state index contributed by atoms with van der Waals surface area (Å²) in [6, 6.07) is 8.79. The molecule has 0 N–H and O–H groups in total. The second kappa shape index (κ2) is 18.5. The second-order valence-corrected chi connectivity index (χ2v) is 11.7. The zero-order valence-corrected chi connectivity index (χ0v) is 31.5. The number of anilines is 1. The smallest absolute Gasteiger partial charge is 0.550 e. The minimum absolute atomic E-state index is 0. The first kappa shape index (κ1) is 44.3. The molecule has 1 heterocycles. The van der Waals surface area contributed by atoms with E-state index in [0.717, 1.165) is 29.4 Å². The predicted molar refractivity (Wildman–Crippen MR) is 172 cm³/mol. The fraction of sp³-hybridized carbons (Fsp3) is 0.361. The first-order valence-corrected chi connectivity index (χ1v) is 16.0. The van der Waals surface area contributed by atoms with Gasteiger partial charge in [0.15, 0.2) is 5.75 Å². The summed E-state index contributed by atoms with van der Waals surface area (Å²) in [5.74, 6) is -1.29. The Morgan fingerprint density at radius 2 is 1.43 bits per heavy atom. The van der Waals surface area contributed by atoms with Crippen molar-refractivity contribution in [1.29, 1.82) is 0 Å². The van der Waals surface area contributed by atoms with Gasteiger partial charge in [-0.05, 0) is 91.4 Å². The van der Waals surface area contributed by atoms with Crippen molar-refractivity contribution in [3.05, 3.63) is 100 Å². The number of aliphatic carboxylic acids is 1. The minimum Gasteiger partial charge on any atom is -0.550 e. The summed E-state index contributed by atoms with van der Waals surface area (Å²) in [4.78, 5) is 20.1. The number of carboxylic acid groups (broad SMARTS) is 1. The molecule has 0 saturated carbocycles. The van der Waals surface area contributed by atoms with Crippen LogP contribution in [0.3, 0.4) is 0 Å². The van der Waals surface area contributed by atoms with Crippen molar-refractivity contribution < 1.29 is 93.2 Å². The maximum atomic E-state index is 14.1. The van der Waals surface area contributed by atoms with Gasteiger partial charge in [0.2, 0.25) is 5.95 Å². The van der Waals surface area contributed by atoms with E-state index in [9.17, 15) is 49.4 Å². The van der Waals surface area contributed by atoms with Gasteiger partial charge in [-0.3, -0.25) is 0 Å². The van der Waals surface area contributed by atoms with Crippen LogP contribution in [0.4, 0.5) is 45.5 Å². The summed E-state index contributed by atoms with van der Waals surface area (Å²) in [6.45, 7) is 2.57. The normalized spacial score (nSPS) is 12.5. The summed E-state index contributed by atoms with van der Waals surface area (Å²) in [6.07, 6.45) is -13.6. The first-order chi connectivity index (χ1) is 24.8. The van der Waals surface area contributed by atoms with Crippen molar-refractivity contribution in [3.8, 4) is 22.6 Å². The molecule has 4 rings (SSSR count). The van der Waals surface area contributed by atoms with Crippen molar-refractivity contribution in [2.45, 2.75) is 64.4 Å². The molecule has 1 aromatic heterocycles. The SMILES string of the molecule is CCOC(C)c1ccc(OC)c(-c2ccc(C(F)(F)F)cc2CN(Cc2cc(C(F)(F)F)cc(C(F)(F)F)c2)c2ncc(OCCCC(=O)[O-])cn2)c1.[Na+]. The minimum atomic E-state index is -5.17. The van der Waals surface area contributed by atoms with Gasteiger partial charge in [-0.25, -0.2) is 9.97 Å². The number of ether oxygens (including phenoxy) is 3. The number of benzene rings is 3. The molecule has 54 heavy (non-hydrogen) atoms. The average Bonchev–Trinajstić information content (AvgIpc) is 3.08. The maximum Gasteiger partial charge on any atom is 1.00 e. The van der Waals surface area contributed by atoms with E-state index < -0.39 is 65.9 Å². The van der Waals surface area contributed by atoms with Crippen molar-refractivity contribution >= 4 is 11.9 Å². The zero-order valence-electron chi connectivity index (χ0n) is 29.5. The van der Waals surface area contributed by atoms with Crippen LogP contribution < -0.4 is 49.0 Å². The predicted octanol–water partition coefficient (Wildman–Crippen LogP) is 5.43. The van der Waals surface area contributed by atoms with E-state index in [4.69, 9.17) is 14.2 Å². The number of hydrogen-bond acceptors (Lipinski definition) is 8. The molecule has 1 atom stereocenters. The molecular weight excluding hydrogens is 748 g/mol. The molecule has 18 heteroatoms. The van der Waals surface area contributed by atoms with E-state index in [2.05, 4.69) is 9.97 Å². The number of carbonyl (C=O) groups is 1.